The Balaban J connectivity index is 1.69. The first-order chi connectivity index (χ1) is 15.2. The molecule has 0 N–H and O–H groups in total. The third-order valence-corrected chi connectivity index (χ3v) is 7.58. The van der Waals surface area contributed by atoms with Gasteiger partial charge in [0.15, 0.2) is 0 Å². The van der Waals surface area contributed by atoms with Gasteiger partial charge in [-0.2, -0.15) is 0 Å². The van der Waals surface area contributed by atoms with E-state index in [1.165, 1.54) is 17.0 Å². The highest BCUT2D eigenvalue weighted by Gasteiger charge is 2.56. The molecule has 7 heteroatoms. The van der Waals surface area contributed by atoms with Gasteiger partial charge in [0.25, 0.3) is 0 Å². The van der Waals surface area contributed by atoms with Crippen molar-refractivity contribution in [3.8, 4) is 0 Å². The van der Waals surface area contributed by atoms with Crippen LogP contribution in [0.2, 0.25) is 0 Å². The van der Waals surface area contributed by atoms with E-state index in [2.05, 4.69) is 18.7 Å². The molecule has 3 fully saturated rings. The molecular formula is C25H34FN3O3. The summed E-state index contributed by atoms with van der Waals surface area (Å²) in [5.41, 5.74) is -0.899. The average molecular weight is 444 g/mol. The van der Waals surface area contributed by atoms with E-state index in [1.54, 1.807) is 12.1 Å². The summed E-state index contributed by atoms with van der Waals surface area (Å²) in [7, 11) is 2.05. The van der Waals surface area contributed by atoms with Crippen LogP contribution >= 0.6 is 0 Å². The van der Waals surface area contributed by atoms with Crippen LogP contribution in [-0.2, 0) is 19.8 Å². The molecule has 1 aromatic carbocycles. The van der Waals surface area contributed by atoms with Gasteiger partial charge in [-0.25, -0.2) is 4.39 Å². The summed E-state index contributed by atoms with van der Waals surface area (Å²) in [5.74, 6) is -0.895. The summed E-state index contributed by atoms with van der Waals surface area (Å²) in [6.45, 7) is 6.32. The minimum atomic E-state index is -1.33. The summed E-state index contributed by atoms with van der Waals surface area (Å²) >= 11 is 0. The number of imide groups is 1. The Morgan fingerprint density at radius 2 is 1.91 bits per heavy atom. The molecule has 2 aliphatic heterocycles. The molecule has 174 valence electrons. The van der Waals surface area contributed by atoms with Crippen LogP contribution in [-0.4, -0.2) is 71.2 Å². The highest BCUT2D eigenvalue weighted by atomic mass is 19.1. The van der Waals surface area contributed by atoms with E-state index in [1.807, 2.05) is 11.9 Å². The van der Waals surface area contributed by atoms with Gasteiger partial charge in [-0.15, -0.1) is 0 Å². The second-order valence-electron chi connectivity index (χ2n) is 10.1. The molecule has 6 nitrogen and oxygen atoms in total. The zero-order valence-electron chi connectivity index (χ0n) is 19.3. The van der Waals surface area contributed by atoms with Crippen molar-refractivity contribution in [1.82, 2.24) is 14.7 Å². The van der Waals surface area contributed by atoms with E-state index in [4.69, 9.17) is 0 Å². The molecule has 2 heterocycles. The van der Waals surface area contributed by atoms with Crippen LogP contribution in [0, 0.1) is 11.7 Å². The predicted molar refractivity (Wildman–Crippen MR) is 119 cm³/mol. The minimum absolute atomic E-state index is 0.0453. The number of carbonyl (C=O) groups excluding carboxylic acids is 3. The number of halogens is 1. The van der Waals surface area contributed by atoms with Crippen LogP contribution in [0.4, 0.5) is 4.39 Å². The third-order valence-electron chi connectivity index (χ3n) is 7.58. The van der Waals surface area contributed by atoms with E-state index in [0.29, 0.717) is 12.1 Å². The van der Waals surface area contributed by atoms with Crippen LogP contribution in [0.1, 0.15) is 57.9 Å². The molecule has 2 saturated heterocycles. The molecule has 2 atom stereocenters. The number of likely N-dealkylation sites (N-methyl/N-ethyl adjacent to an activating group) is 1. The van der Waals surface area contributed by atoms with Crippen LogP contribution in [0.25, 0.3) is 0 Å². The summed E-state index contributed by atoms with van der Waals surface area (Å²) in [5, 5.41) is 0. The summed E-state index contributed by atoms with van der Waals surface area (Å²) in [4.78, 5) is 46.1. The number of piperazine rings is 1. The van der Waals surface area contributed by atoms with Crippen molar-refractivity contribution in [2.24, 2.45) is 5.92 Å². The fraction of sp³-hybridized carbons (Fsp3) is 0.640. The second-order valence-corrected chi connectivity index (χ2v) is 10.1. The number of rotatable bonds is 5. The van der Waals surface area contributed by atoms with Gasteiger partial charge >= 0.3 is 0 Å². The zero-order chi connectivity index (χ0) is 23.0. The number of hydrogen-bond acceptors (Lipinski definition) is 4. The molecule has 0 aromatic heterocycles. The first kappa shape index (κ1) is 22.9. The Bertz CT molecular complexity index is 898. The lowest BCUT2D eigenvalue weighted by Gasteiger charge is -2.43. The maximum atomic E-state index is 14.2. The lowest BCUT2D eigenvalue weighted by atomic mass is 9.75. The molecule has 1 aromatic rings. The molecule has 0 spiro atoms. The number of hydrogen-bond donors (Lipinski definition) is 0. The van der Waals surface area contributed by atoms with Crippen LogP contribution in [0.3, 0.4) is 0 Å². The Morgan fingerprint density at radius 3 is 2.56 bits per heavy atom. The first-order valence-electron chi connectivity index (χ1n) is 11.8. The van der Waals surface area contributed by atoms with Crippen molar-refractivity contribution in [2.75, 3.05) is 26.7 Å². The average Bonchev–Trinajstić information content (AvgIpc) is 3.34. The first-order valence-corrected chi connectivity index (χ1v) is 11.8. The van der Waals surface area contributed by atoms with Crippen molar-refractivity contribution >= 4 is 17.7 Å². The maximum absolute atomic E-state index is 14.2. The summed E-state index contributed by atoms with van der Waals surface area (Å²) in [6, 6.07) is 5.82. The van der Waals surface area contributed by atoms with Gasteiger partial charge in [-0.3, -0.25) is 19.3 Å². The van der Waals surface area contributed by atoms with Crippen molar-refractivity contribution in [3.63, 3.8) is 0 Å². The highest BCUT2D eigenvalue weighted by Crippen LogP contribution is 2.43. The van der Waals surface area contributed by atoms with Crippen LogP contribution < -0.4 is 0 Å². The van der Waals surface area contributed by atoms with Crippen molar-refractivity contribution < 1.29 is 18.8 Å². The minimum Gasteiger partial charge on any atom is -0.337 e. The fourth-order valence-electron chi connectivity index (χ4n) is 5.74. The maximum Gasteiger partial charge on any atom is 0.241 e. The van der Waals surface area contributed by atoms with Crippen LogP contribution in [0.15, 0.2) is 24.3 Å². The Morgan fingerprint density at radius 1 is 1.19 bits per heavy atom. The van der Waals surface area contributed by atoms with Gasteiger partial charge in [-0.1, -0.05) is 38.8 Å². The number of nitrogens with zero attached hydrogens (tertiary/aromatic N) is 3. The van der Waals surface area contributed by atoms with E-state index < -0.39 is 11.2 Å². The summed E-state index contributed by atoms with van der Waals surface area (Å²) in [6.07, 6.45) is 3.42. The van der Waals surface area contributed by atoms with Gasteiger partial charge < -0.3 is 9.80 Å². The third kappa shape index (κ3) is 4.07. The van der Waals surface area contributed by atoms with Crippen LogP contribution in [0.5, 0.6) is 0 Å². The molecule has 3 aliphatic rings. The number of likely N-dealkylation sites (tertiary alicyclic amines) is 1. The van der Waals surface area contributed by atoms with E-state index in [0.717, 1.165) is 38.8 Å². The van der Waals surface area contributed by atoms with Gasteiger partial charge in [0, 0.05) is 44.6 Å². The quantitative estimate of drug-likeness (QED) is 0.657. The van der Waals surface area contributed by atoms with E-state index >= 15 is 0 Å². The largest absolute Gasteiger partial charge is 0.337 e. The monoisotopic (exact) mass is 443 g/mol. The molecular weight excluding hydrogens is 409 g/mol. The number of benzene rings is 1. The van der Waals surface area contributed by atoms with Crippen molar-refractivity contribution in [2.45, 2.75) is 69.9 Å². The van der Waals surface area contributed by atoms with Gasteiger partial charge in [0.2, 0.25) is 17.7 Å². The predicted octanol–water partition coefficient (Wildman–Crippen LogP) is 2.95. The summed E-state index contributed by atoms with van der Waals surface area (Å²) < 4.78 is 14.2. The zero-order valence-corrected chi connectivity index (χ0v) is 19.3. The molecule has 4 rings (SSSR count). The highest BCUT2D eigenvalue weighted by molar-refractivity contribution is 6.11. The van der Waals surface area contributed by atoms with E-state index in [-0.39, 0.29) is 48.6 Å². The molecule has 1 aliphatic carbocycles. The van der Waals surface area contributed by atoms with Crippen molar-refractivity contribution in [3.05, 3.63) is 35.6 Å². The molecule has 0 radical (unpaired) electrons. The van der Waals surface area contributed by atoms with Gasteiger partial charge in [0.05, 0.1) is 5.41 Å². The fourth-order valence-corrected chi connectivity index (χ4v) is 5.74. The topological polar surface area (TPSA) is 60.9 Å². The SMILES string of the molecule is CC(C)[C@H]1CN(C)CCN1C(=O)CC1(c2cccc(F)c2)CC(=O)N(C2CCCC2)C1=O. The standard InChI is InChI=1S/C25H34FN3O3/c1-17(2)21-16-27(3)11-12-28(21)22(30)14-25(18-7-6-8-19(26)13-18)15-23(31)29(24(25)32)20-9-4-5-10-20/h6-8,13,17,20-21H,4-5,9-12,14-16H2,1-3H3/t21-,25?/m1/s1. The number of carbonyl (C=O) groups is 3. The van der Waals surface area contributed by atoms with Gasteiger partial charge in [0.1, 0.15) is 5.82 Å². The normalized spacial score (nSPS) is 27.7. The lowest BCUT2D eigenvalue weighted by molar-refractivity contribution is -0.146. The molecule has 3 amide bonds. The smallest absolute Gasteiger partial charge is 0.241 e. The number of amides is 3. The van der Waals surface area contributed by atoms with Gasteiger partial charge in [-0.05, 0) is 43.5 Å². The Labute approximate surface area is 189 Å². The second kappa shape index (κ2) is 8.93. The molecule has 1 saturated carbocycles. The lowest BCUT2D eigenvalue weighted by Crippen LogP contribution is -2.57. The van der Waals surface area contributed by atoms with Crippen molar-refractivity contribution in [1.29, 1.82) is 0 Å². The molecule has 32 heavy (non-hydrogen) atoms. The molecule has 1 unspecified atom stereocenters. The molecule has 0 bridgehead atoms. The Kier molecular flexibility index (Phi) is 6.39. The Hall–Kier alpha value is -2.28. The van der Waals surface area contributed by atoms with E-state index in [9.17, 15) is 18.8 Å².